The van der Waals surface area contributed by atoms with Gasteiger partial charge in [-0.25, -0.2) is 4.79 Å². The standard InChI is InChI=1S/C28H36N8O5/c29-20(14-18-15-33-21-10-5-4-9-19(18)21)25(38)36-22(11-6-12-32-28(30)31)26(39)34-16-24(37)35-23(27(40)41)13-17-7-2-1-3-8-17/h1-5,7-10,15,20,22-23,33H,6,11-14,16,29H2,(H,34,39)(H,35,37)(H,36,38)(H,40,41)(H4,30,31,32). The third-order valence-electron chi connectivity index (χ3n) is 6.37. The maximum absolute atomic E-state index is 13.0. The number of guanidine groups is 1. The molecule has 0 aliphatic heterocycles. The van der Waals surface area contributed by atoms with E-state index in [2.05, 4.69) is 25.9 Å². The number of rotatable bonds is 15. The molecule has 3 aromatic rings. The summed E-state index contributed by atoms with van der Waals surface area (Å²) in [5.41, 5.74) is 19.4. The van der Waals surface area contributed by atoms with Crippen molar-refractivity contribution in [3.63, 3.8) is 0 Å². The van der Waals surface area contributed by atoms with Gasteiger partial charge in [0.1, 0.15) is 12.1 Å². The van der Waals surface area contributed by atoms with Gasteiger partial charge in [-0.3, -0.25) is 19.4 Å². The van der Waals surface area contributed by atoms with E-state index >= 15 is 0 Å². The van der Waals surface area contributed by atoms with Crippen LogP contribution in [0.3, 0.4) is 0 Å². The van der Waals surface area contributed by atoms with Gasteiger partial charge in [0.15, 0.2) is 5.96 Å². The molecule has 11 N–H and O–H groups in total. The van der Waals surface area contributed by atoms with E-state index in [1.54, 1.807) is 36.5 Å². The summed E-state index contributed by atoms with van der Waals surface area (Å²) >= 11 is 0. The van der Waals surface area contributed by atoms with E-state index in [1.807, 2.05) is 24.3 Å². The van der Waals surface area contributed by atoms with Crippen LogP contribution in [0.25, 0.3) is 10.9 Å². The second-order valence-electron chi connectivity index (χ2n) is 9.55. The summed E-state index contributed by atoms with van der Waals surface area (Å²) in [7, 11) is 0. The van der Waals surface area contributed by atoms with Gasteiger partial charge < -0.3 is 43.2 Å². The number of H-pyrrole nitrogens is 1. The quantitative estimate of drug-likeness (QED) is 0.0680. The van der Waals surface area contributed by atoms with Gasteiger partial charge in [-0.1, -0.05) is 48.5 Å². The van der Waals surface area contributed by atoms with Crippen molar-refractivity contribution >= 4 is 40.6 Å². The van der Waals surface area contributed by atoms with Gasteiger partial charge in [0.25, 0.3) is 0 Å². The highest BCUT2D eigenvalue weighted by Crippen LogP contribution is 2.18. The zero-order valence-electron chi connectivity index (χ0n) is 22.5. The number of carbonyl (C=O) groups is 4. The summed E-state index contributed by atoms with van der Waals surface area (Å²) < 4.78 is 0. The fourth-order valence-electron chi connectivity index (χ4n) is 4.27. The maximum Gasteiger partial charge on any atom is 0.326 e. The first kappa shape index (κ1) is 30.6. The first-order valence-electron chi connectivity index (χ1n) is 13.1. The highest BCUT2D eigenvalue weighted by atomic mass is 16.4. The summed E-state index contributed by atoms with van der Waals surface area (Å²) in [6.07, 6.45) is 2.63. The lowest BCUT2D eigenvalue weighted by Gasteiger charge is -2.21. The number of fused-ring (bicyclic) bond motifs is 1. The number of aliphatic imine (C=N–C) groups is 1. The molecule has 41 heavy (non-hydrogen) atoms. The summed E-state index contributed by atoms with van der Waals surface area (Å²) in [6.45, 7) is -0.261. The summed E-state index contributed by atoms with van der Waals surface area (Å²) in [5.74, 6) is -3.18. The number of hydrogen-bond donors (Lipinski definition) is 8. The Bertz CT molecular complexity index is 1370. The number of para-hydroxylation sites is 1. The Labute approximate surface area is 236 Å². The molecule has 3 unspecified atom stereocenters. The topological polar surface area (TPSA) is 231 Å². The van der Waals surface area contributed by atoms with Crippen molar-refractivity contribution in [3.8, 4) is 0 Å². The van der Waals surface area contributed by atoms with Gasteiger partial charge in [0.2, 0.25) is 17.7 Å². The third-order valence-corrected chi connectivity index (χ3v) is 6.37. The van der Waals surface area contributed by atoms with E-state index in [0.29, 0.717) is 6.42 Å². The number of nitrogens with two attached hydrogens (primary N) is 3. The Hall–Kier alpha value is -4.91. The molecule has 0 aliphatic rings. The van der Waals surface area contributed by atoms with Crippen molar-refractivity contribution in [2.75, 3.05) is 13.1 Å². The molecule has 3 rings (SSSR count). The number of aromatic amines is 1. The van der Waals surface area contributed by atoms with Gasteiger partial charge in [0.05, 0.1) is 12.6 Å². The number of aromatic nitrogens is 1. The van der Waals surface area contributed by atoms with Crippen LogP contribution in [0.4, 0.5) is 0 Å². The zero-order chi connectivity index (χ0) is 29.8. The zero-order valence-corrected chi connectivity index (χ0v) is 22.5. The molecule has 1 aromatic heterocycles. The van der Waals surface area contributed by atoms with Gasteiger partial charge in [0, 0.05) is 30.1 Å². The van der Waals surface area contributed by atoms with E-state index in [4.69, 9.17) is 17.2 Å². The largest absolute Gasteiger partial charge is 0.480 e. The molecule has 218 valence electrons. The molecule has 13 nitrogen and oxygen atoms in total. The van der Waals surface area contributed by atoms with Crippen LogP contribution in [0.15, 0.2) is 65.8 Å². The molecule has 3 atom stereocenters. The molecule has 13 heteroatoms. The molecule has 0 fully saturated rings. The predicted molar refractivity (Wildman–Crippen MR) is 155 cm³/mol. The van der Waals surface area contributed by atoms with Crippen molar-refractivity contribution in [1.29, 1.82) is 0 Å². The number of hydrogen-bond acceptors (Lipinski definition) is 6. The summed E-state index contributed by atoms with van der Waals surface area (Å²) in [6, 6.07) is 13.3. The van der Waals surface area contributed by atoms with Crippen LogP contribution < -0.4 is 33.2 Å². The molecule has 2 aromatic carbocycles. The van der Waals surface area contributed by atoms with Crippen molar-refractivity contribution in [2.45, 2.75) is 43.8 Å². The number of carboxylic acids is 1. The highest BCUT2D eigenvalue weighted by molar-refractivity contribution is 5.93. The lowest BCUT2D eigenvalue weighted by atomic mass is 10.0. The van der Waals surface area contributed by atoms with Crippen molar-refractivity contribution in [3.05, 3.63) is 71.9 Å². The van der Waals surface area contributed by atoms with Crippen molar-refractivity contribution in [1.82, 2.24) is 20.9 Å². The van der Waals surface area contributed by atoms with Crippen LogP contribution in [0.5, 0.6) is 0 Å². The fraction of sp³-hybridized carbons (Fsp3) is 0.321. The predicted octanol–water partition coefficient (Wildman–Crippen LogP) is -0.496. The number of nitrogens with one attached hydrogen (secondary N) is 4. The van der Waals surface area contributed by atoms with Crippen LogP contribution in [0, 0.1) is 0 Å². The van der Waals surface area contributed by atoms with E-state index in [-0.39, 0.29) is 31.8 Å². The van der Waals surface area contributed by atoms with Crippen LogP contribution in [0.1, 0.15) is 24.0 Å². The molecule has 0 saturated heterocycles. The van der Waals surface area contributed by atoms with Crippen LogP contribution >= 0.6 is 0 Å². The minimum Gasteiger partial charge on any atom is -0.480 e. The van der Waals surface area contributed by atoms with Crippen LogP contribution in [-0.2, 0) is 32.0 Å². The monoisotopic (exact) mass is 564 g/mol. The number of amides is 3. The van der Waals surface area contributed by atoms with Gasteiger partial charge in [-0.15, -0.1) is 0 Å². The molecule has 0 aliphatic carbocycles. The van der Waals surface area contributed by atoms with Gasteiger partial charge in [-0.05, 0) is 36.5 Å². The molecule has 0 spiro atoms. The first-order valence-corrected chi connectivity index (χ1v) is 13.1. The van der Waals surface area contributed by atoms with E-state index < -0.39 is 48.4 Å². The average Bonchev–Trinajstić information content (AvgIpc) is 3.35. The number of carboxylic acid groups (broad SMARTS) is 1. The lowest BCUT2D eigenvalue weighted by Crippen LogP contribution is -2.54. The second kappa shape index (κ2) is 15.0. The van der Waals surface area contributed by atoms with Crippen molar-refractivity contribution < 1.29 is 24.3 Å². The van der Waals surface area contributed by atoms with Gasteiger partial charge >= 0.3 is 5.97 Å². The van der Waals surface area contributed by atoms with Crippen LogP contribution in [-0.4, -0.2) is 71.0 Å². The van der Waals surface area contributed by atoms with Gasteiger partial charge in [-0.2, -0.15) is 0 Å². The molecular formula is C28H36N8O5. The Morgan fingerprint density at radius 3 is 2.32 bits per heavy atom. The Kier molecular flexibility index (Phi) is 11.2. The minimum atomic E-state index is -1.21. The summed E-state index contributed by atoms with van der Waals surface area (Å²) in [5, 5.41) is 18.0. The van der Waals surface area contributed by atoms with Crippen molar-refractivity contribution in [2.24, 2.45) is 22.2 Å². The first-order chi connectivity index (χ1) is 19.6. The summed E-state index contributed by atoms with van der Waals surface area (Å²) in [4.78, 5) is 57.1. The third kappa shape index (κ3) is 9.65. The normalized spacial score (nSPS) is 13.0. The molecule has 0 saturated carbocycles. The smallest absolute Gasteiger partial charge is 0.326 e. The lowest BCUT2D eigenvalue weighted by molar-refractivity contribution is -0.141. The molecular weight excluding hydrogens is 528 g/mol. The SMILES string of the molecule is NC(N)=NCCCC(NC(=O)C(N)Cc1c[nH]c2ccccc12)C(=O)NCC(=O)NC(Cc1ccccc1)C(=O)O. The Morgan fingerprint density at radius 2 is 1.61 bits per heavy atom. The average molecular weight is 565 g/mol. The Morgan fingerprint density at radius 1 is 0.902 bits per heavy atom. The molecule has 0 bridgehead atoms. The van der Waals surface area contributed by atoms with E-state index in [1.165, 1.54) is 0 Å². The number of carbonyl (C=O) groups excluding carboxylic acids is 3. The number of aliphatic carboxylic acids is 1. The van der Waals surface area contributed by atoms with E-state index in [0.717, 1.165) is 22.0 Å². The fourth-order valence-corrected chi connectivity index (χ4v) is 4.27. The molecule has 1 heterocycles. The van der Waals surface area contributed by atoms with E-state index in [9.17, 15) is 24.3 Å². The molecule has 3 amide bonds. The molecule has 0 radical (unpaired) electrons. The number of nitrogens with zero attached hydrogens (tertiary/aromatic N) is 1. The number of benzene rings is 2. The second-order valence-corrected chi connectivity index (χ2v) is 9.55. The maximum atomic E-state index is 13.0. The minimum absolute atomic E-state index is 0.0770. The highest BCUT2D eigenvalue weighted by Gasteiger charge is 2.26. The Balaban J connectivity index is 1.59. The van der Waals surface area contributed by atoms with Crippen LogP contribution in [0.2, 0.25) is 0 Å².